The molecule has 1 N–H and O–H groups in total. The zero-order valence-electron chi connectivity index (χ0n) is 12.7. The smallest absolute Gasteiger partial charge is 0.337 e. The molecule has 0 amide bonds. The summed E-state index contributed by atoms with van der Waals surface area (Å²) in [5, 5.41) is 11.5. The summed E-state index contributed by atoms with van der Waals surface area (Å²) >= 11 is 0. The standard InChI is InChI=1S/C18H16N2O3/c1-23-17(21)12-6-8-13(9-7-12)18(22)15-5-3-2-4-14(15)16-19-10-11-20(16)18/h2-9,22H,10-11H2,1H3/t18-/m0/s1. The molecule has 0 bridgehead atoms. The predicted molar refractivity (Wildman–Crippen MR) is 85.3 cm³/mol. The molecule has 5 heteroatoms. The number of hydrogen-bond donors (Lipinski definition) is 1. The van der Waals surface area contributed by atoms with E-state index in [9.17, 15) is 9.90 Å². The number of benzene rings is 2. The number of hydrogen-bond acceptors (Lipinski definition) is 5. The number of ether oxygens (including phenoxy) is 1. The van der Waals surface area contributed by atoms with Crippen LogP contribution >= 0.6 is 0 Å². The molecular formula is C18H16N2O3. The van der Waals surface area contributed by atoms with E-state index in [1.807, 2.05) is 29.2 Å². The van der Waals surface area contributed by atoms with Crippen molar-refractivity contribution in [1.82, 2.24) is 4.90 Å². The van der Waals surface area contributed by atoms with E-state index >= 15 is 0 Å². The first-order valence-electron chi connectivity index (χ1n) is 7.49. The van der Waals surface area contributed by atoms with Crippen LogP contribution in [-0.2, 0) is 10.5 Å². The number of aliphatic imine (C=N–C) groups is 1. The lowest BCUT2D eigenvalue weighted by Crippen LogP contribution is -2.43. The second-order valence-corrected chi connectivity index (χ2v) is 5.64. The van der Waals surface area contributed by atoms with Gasteiger partial charge in [0.15, 0.2) is 5.72 Å². The molecule has 1 atom stereocenters. The number of nitrogens with zero attached hydrogens (tertiary/aromatic N) is 2. The fourth-order valence-electron chi connectivity index (χ4n) is 3.39. The largest absolute Gasteiger partial charge is 0.465 e. The van der Waals surface area contributed by atoms with E-state index in [0.717, 1.165) is 17.0 Å². The predicted octanol–water partition coefficient (Wildman–Crippen LogP) is 1.74. The molecular weight excluding hydrogens is 292 g/mol. The summed E-state index contributed by atoms with van der Waals surface area (Å²) in [6.07, 6.45) is 0. The summed E-state index contributed by atoms with van der Waals surface area (Å²) in [4.78, 5) is 18.0. The molecule has 2 aliphatic rings. The highest BCUT2D eigenvalue weighted by Crippen LogP contribution is 2.43. The van der Waals surface area contributed by atoms with Crippen LogP contribution in [0.1, 0.15) is 27.0 Å². The van der Waals surface area contributed by atoms with Gasteiger partial charge in [0.1, 0.15) is 5.84 Å². The first-order valence-corrected chi connectivity index (χ1v) is 7.49. The van der Waals surface area contributed by atoms with Gasteiger partial charge in [-0.2, -0.15) is 0 Å². The van der Waals surface area contributed by atoms with E-state index in [4.69, 9.17) is 4.74 Å². The molecule has 0 aromatic heterocycles. The number of rotatable bonds is 2. The third-order valence-electron chi connectivity index (χ3n) is 4.48. The van der Waals surface area contributed by atoms with Gasteiger partial charge >= 0.3 is 5.97 Å². The van der Waals surface area contributed by atoms with Crippen molar-refractivity contribution in [3.63, 3.8) is 0 Å². The van der Waals surface area contributed by atoms with E-state index in [1.54, 1.807) is 24.3 Å². The topological polar surface area (TPSA) is 62.1 Å². The molecule has 0 saturated heterocycles. The maximum Gasteiger partial charge on any atom is 0.337 e. The third kappa shape index (κ3) is 1.83. The molecule has 116 valence electrons. The number of carbonyl (C=O) groups excluding carboxylic acids is 1. The Morgan fingerprint density at radius 3 is 2.70 bits per heavy atom. The average molecular weight is 308 g/mol. The van der Waals surface area contributed by atoms with Crippen molar-refractivity contribution in [2.75, 3.05) is 20.2 Å². The van der Waals surface area contributed by atoms with Crippen LogP contribution in [0.25, 0.3) is 0 Å². The molecule has 2 aromatic carbocycles. The monoisotopic (exact) mass is 308 g/mol. The van der Waals surface area contributed by atoms with Gasteiger partial charge in [0.05, 0.1) is 19.2 Å². The van der Waals surface area contributed by atoms with Gasteiger partial charge in [0, 0.05) is 23.2 Å². The van der Waals surface area contributed by atoms with Gasteiger partial charge in [-0.25, -0.2) is 4.79 Å². The lowest BCUT2D eigenvalue weighted by Gasteiger charge is -2.33. The minimum Gasteiger partial charge on any atom is -0.465 e. The Balaban J connectivity index is 1.84. The second-order valence-electron chi connectivity index (χ2n) is 5.64. The van der Waals surface area contributed by atoms with Crippen LogP contribution in [0.2, 0.25) is 0 Å². The van der Waals surface area contributed by atoms with Crippen molar-refractivity contribution < 1.29 is 14.6 Å². The SMILES string of the molecule is COC(=O)c1ccc([C@]2(O)c3ccccc3C3=NCCN32)cc1. The summed E-state index contributed by atoms with van der Waals surface area (Å²) in [6.45, 7) is 1.34. The van der Waals surface area contributed by atoms with Crippen LogP contribution in [-0.4, -0.2) is 42.0 Å². The number of methoxy groups -OCH3 is 1. The molecule has 0 saturated carbocycles. The number of esters is 1. The van der Waals surface area contributed by atoms with Crippen molar-refractivity contribution in [3.8, 4) is 0 Å². The molecule has 23 heavy (non-hydrogen) atoms. The third-order valence-corrected chi connectivity index (χ3v) is 4.48. The Morgan fingerprint density at radius 1 is 1.22 bits per heavy atom. The maximum absolute atomic E-state index is 11.6. The summed E-state index contributed by atoms with van der Waals surface area (Å²) in [7, 11) is 1.35. The molecule has 2 aliphatic heterocycles. The molecule has 2 heterocycles. The molecule has 0 unspecified atom stereocenters. The van der Waals surface area contributed by atoms with E-state index in [1.165, 1.54) is 7.11 Å². The number of amidine groups is 1. The van der Waals surface area contributed by atoms with Crippen molar-refractivity contribution >= 4 is 11.8 Å². The van der Waals surface area contributed by atoms with Gasteiger partial charge in [-0.05, 0) is 12.1 Å². The van der Waals surface area contributed by atoms with Crippen molar-refractivity contribution in [1.29, 1.82) is 0 Å². The Kier molecular flexibility index (Phi) is 2.99. The Labute approximate surface area is 133 Å². The second kappa shape index (κ2) is 4.93. The molecule has 0 spiro atoms. The summed E-state index contributed by atoms with van der Waals surface area (Å²) in [5.74, 6) is 0.443. The fourth-order valence-corrected chi connectivity index (χ4v) is 3.39. The lowest BCUT2D eigenvalue weighted by molar-refractivity contribution is -0.0242. The number of carbonyl (C=O) groups is 1. The maximum atomic E-state index is 11.6. The normalized spacial score (nSPS) is 21.7. The van der Waals surface area contributed by atoms with Crippen LogP contribution in [0.4, 0.5) is 0 Å². The van der Waals surface area contributed by atoms with Crippen molar-refractivity contribution in [3.05, 3.63) is 70.8 Å². The first kappa shape index (κ1) is 14.0. The highest BCUT2D eigenvalue weighted by molar-refractivity contribution is 6.05. The molecule has 4 rings (SSSR count). The Bertz CT molecular complexity index is 813. The molecule has 0 fully saturated rings. The lowest BCUT2D eigenvalue weighted by atomic mass is 9.93. The van der Waals surface area contributed by atoms with Crippen LogP contribution in [0, 0.1) is 0 Å². The molecule has 0 radical (unpaired) electrons. The van der Waals surface area contributed by atoms with Gasteiger partial charge in [-0.1, -0.05) is 36.4 Å². The Morgan fingerprint density at radius 2 is 1.96 bits per heavy atom. The van der Waals surface area contributed by atoms with Crippen LogP contribution in [0.5, 0.6) is 0 Å². The van der Waals surface area contributed by atoms with E-state index < -0.39 is 11.7 Å². The van der Waals surface area contributed by atoms with Crippen LogP contribution in [0.3, 0.4) is 0 Å². The van der Waals surface area contributed by atoms with Gasteiger partial charge in [-0.15, -0.1) is 0 Å². The highest BCUT2D eigenvalue weighted by atomic mass is 16.5. The number of aliphatic hydroxyl groups is 1. The van der Waals surface area contributed by atoms with Crippen LogP contribution in [0.15, 0.2) is 53.5 Å². The molecule has 5 nitrogen and oxygen atoms in total. The average Bonchev–Trinajstić information content (AvgIpc) is 3.18. The first-order chi connectivity index (χ1) is 11.2. The van der Waals surface area contributed by atoms with Gasteiger partial charge < -0.3 is 14.7 Å². The van der Waals surface area contributed by atoms with E-state index in [-0.39, 0.29) is 0 Å². The highest BCUT2D eigenvalue weighted by Gasteiger charge is 2.49. The number of fused-ring (bicyclic) bond motifs is 3. The zero-order valence-corrected chi connectivity index (χ0v) is 12.7. The van der Waals surface area contributed by atoms with Gasteiger partial charge in [0.25, 0.3) is 0 Å². The van der Waals surface area contributed by atoms with Crippen molar-refractivity contribution in [2.45, 2.75) is 5.72 Å². The zero-order chi connectivity index (χ0) is 16.0. The summed E-state index contributed by atoms with van der Waals surface area (Å²) < 4.78 is 4.72. The van der Waals surface area contributed by atoms with Crippen molar-refractivity contribution in [2.24, 2.45) is 4.99 Å². The minimum atomic E-state index is -1.25. The van der Waals surface area contributed by atoms with Gasteiger partial charge in [0.2, 0.25) is 0 Å². The summed E-state index contributed by atoms with van der Waals surface area (Å²) in [6, 6.07) is 14.6. The summed E-state index contributed by atoms with van der Waals surface area (Å²) in [5.41, 5.74) is 1.71. The van der Waals surface area contributed by atoms with Crippen LogP contribution < -0.4 is 0 Å². The van der Waals surface area contributed by atoms with E-state index in [2.05, 4.69) is 4.99 Å². The fraction of sp³-hybridized carbons (Fsp3) is 0.222. The molecule has 0 aliphatic carbocycles. The van der Waals surface area contributed by atoms with E-state index in [0.29, 0.717) is 24.2 Å². The molecule has 2 aromatic rings. The quantitative estimate of drug-likeness (QED) is 0.859. The Hall–Kier alpha value is -2.66. The minimum absolute atomic E-state index is 0.390. The van der Waals surface area contributed by atoms with Gasteiger partial charge in [-0.3, -0.25) is 4.99 Å².